The average molecular weight is 396 g/mol. The predicted molar refractivity (Wildman–Crippen MR) is 113 cm³/mol. The molecule has 1 fully saturated rings. The number of carbonyl (C=O) groups is 2. The Morgan fingerprint density at radius 2 is 1.45 bits per heavy atom. The third-order valence-corrected chi connectivity index (χ3v) is 5.25. The molecule has 0 radical (unpaired) electrons. The number of rotatable bonds is 6. The van der Waals surface area contributed by atoms with Gasteiger partial charge in [-0.2, -0.15) is 0 Å². The molecule has 6 nitrogen and oxygen atoms in total. The van der Waals surface area contributed by atoms with Gasteiger partial charge in [-0.1, -0.05) is 25.7 Å². The van der Waals surface area contributed by atoms with E-state index >= 15 is 0 Å². The molecule has 0 unspecified atom stereocenters. The summed E-state index contributed by atoms with van der Waals surface area (Å²) in [5, 5.41) is 5.95. The van der Waals surface area contributed by atoms with E-state index < -0.39 is 0 Å². The Morgan fingerprint density at radius 1 is 0.828 bits per heavy atom. The molecular formula is C23H28N2O4. The first-order chi connectivity index (χ1) is 14.1. The highest BCUT2D eigenvalue weighted by molar-refractivity contribution is 6.05. The summed E-state index contributed by atoms with van der Waals surface area (Å²) in [5.41, 5.74) is 1.54. The van der Waals surface area contributed by atoms with Crippen molar-refractivity contribution in [2.45, 2.75) is 44.6 Å². The maximum absolute atomic E-state index is 12.6. The van der Waals surface area contributed by atoms with Crippen molar-refractivity contribution in [3.63, 3.8) is 0 Å². The van der Waals surface area contributed by atoms with Crippen molar-refractivity contribution in [1.82, 2.24) is 5.32 Å². The van der Waals surface area contributed by atoms with Crippen LogP contribution in [-0.4, -0.2) is 32.1 Å². The van der Waals surface area contributed by atoms with Crippen LogP contribution in [0.5, 0.6) is 11.5 Å². The zero-order valence-corrected chi connectivity index (χ0v) is 17.0. The van der Waals surface area contributed by atoms with E-state index in [2.05, 4.69) is 10.6 Å². The van der Waals surface area contributed by atoms with Gasteiger partial charge in [-0.3, -0.25) is 9.59 Å². The summed E-state index contributed by atoms with van der Waals surface area (Å²) in [7, 11) is 3.10. The van der Waals surface area contributed by atoms with E-state index in [0.29, 0.717) is 28.3 Å². The summed E-state index contributed by atoms with van der Waals surface area (Å²) in [6, 6.07) is 12.1. The third kappa shape index (κ3) is 5.50. The van der Waals surface area contributed by atoms with Crippen LogP contribution >= 0.6 is 0 Å². The fraction of sp³-hybridized carbons (Fsp3) is 0.391. The van der Waals surface area contributed by atoms with Crippen molar-refractivity contribution in [2.24, 2.45) is 0 Å². The highest BCUT2D eigenvalue weighted by Gasteiger charge is 2.16. The molecule has 2 N–H and O–H groups in total. The van der Waals surface area contributed by atoms with Gasteiger partial charge >= 0.3 is 0 Å². The molecule has 2 aromatic carbocycles. The molecule has 154 valence electrons. The fourth-order valence-corrected chi connectivity index (χ4v) is 3.57. The Morgan fingerprint density at radius 3 is 2.03 bits per heavy atom. The number of methoxy groups -OCH3 is 2. The minimum absolute atomic E-state index is 0.0849. The van der Waals surface area contributed by atoms with E-state index in [4.69, 9.17) is 9.47 Å². The Labute approximate surface area is 171 Å². The van der Waals surface area contributed by atoms with Crippen molar-refractivity contribution in [3.8, 4) is 11.5 Å². The summed E-state index contributed by atoms with van der Waals surface area (Å²) >= 11 is 0. The van der Waals surface area contributed by atoms with Crippen molar-refractivity contribution >= 4 is 17.5 Å². The smallest absolute Gasteiger partial charge is 0.255 e. The molecule has 0 saturated heterocycles. The normalized spacial score (nSPS) is 14.6. The molecule has 2 aromatic rings. The van der Waals surface area contributed by atoms with Crippen molar-refractivity contribution in [1.29, 1.82) is 0 Å². The molecule has 6 heteroatoms. The lowest BCUT2D eigenvalue weighted by molar-refractivity contribution is 0.0932. The molecule has 2 amide bonds. The molecule has 29 heavy (non-hydrogen) atoms. The second-order valence-electron chi connectivity index (χ2n) is 7.26. The minimum atomic E-state index is -0.285. The number of benzene rings is 2. The van der Waals surface area contributed by atoms with Gasteiger partial charge in [-0.15, -0.1) is 0 Å². The molecule has 0 atom stereocenters. The SMILES string of the molecule is COc1ccc(OC)c(NC(=O)c2ccc(C(=O)NC3CCCCCC3)cc2)c1. The van der Waals surface area contributed by atoms with Crippen LogP contribution in [0.15, 0.2) is 42.5 Å². The van der Waals surface area contributed by atoms with Gasteiger partial charge in [0.05, 0.1) is 19.9 Å². The van der Waals surface area contributed by atoms with Crippen LogP contribution in [0, 0.1) is 0 Å². The lowest BCUT2D eigenvalue weighted by atomic mass is 10.1. The first-order valence-corrected chi connectivity index (χ1v) is 10.0. The zero-order valence-electron chi connectivity index (χ0n) is 17.0. The summed E-state index contributed by atoms with van der Waals surface area (Å²) in [6.45, 7) is 0. The lowest BCUT2D eigenvalue weighted by Gasteiger charge is -2.16. The number of hydrogen-bond donors (Lipinski definition) is 2. The summed E-state index contributed by atoms with van der Waals surface area (Å²) in [4.78, 5) is 25.1. The molecule has 3 rings (SSSR count). The predicted octanol–water partition coefficient (Wildman–Crippen LogP) is 4.41. The van der Waals surface area contributed by atoms with E-state index in [-0.39, 0.29) is 17.9 Å². The number of nitrogens with one attached hydrogen (secondary N) is 2. The maximum atomic E-state index is 12.6. The van der Waals surface area contributed by atoms with E-state index in [1.54, 1.807) is 56.7 Å². The van der Waals surface area contributed by atoms with E-state index in [1.807, 2.05) is 0 Å². The largest absolute Gasteiger partial charge is 0.497 e. The molecular weight excluding hydrogens is 368 g/mol. The zero-order chi connectivity index (χ0) is 20.6. The molecule has 1 aliphatic carbocycles. The maximum Gasteiger partial charge on any atom is 0.255 e. The Balaban J connectivity index is 1.65. The van der Waals surface area contributed by atoms with Gasteiger partial charge in [0.1, 0.15) is 11.5 Å². The van der Waals surface area contributed by atoms with E-state index in [1.165, 1.54) is 12.8 Å². The number of hydrogen-bond acceptors (Lipinski definition) is 4. The third-order valence-electron chi connectivity index (χ3n) is 5.25. The van der Waals surface area contributed by atoms with Crippen molar-refractivity contribution in [2.75, 3.05) is 19.5 Å². The quantitative estimate of drug-likeness (QED) is 0.709. The molecule has 0 bridgehead atoms. The summed E-state index contributed by atoms with van der Waals surface area (Å²) < 4.78 is 10.5. The molecule has 0 aromatic heterocycles. The number of carbonyl (C=O) groups excluding carboxylic acids is 2. The van der Waals surface area contributed by atoms with Gasteiger partial charge in [0.25, 0.3) is 11.8 Å². The summed E-state index contributed by atoms with van der Waals surface area (Å²) in [6.07, 6.45) is 6.89. The molecule has 1 saturated carbocycles. The number of anilines is 1. The number of ether oxygens (including phenoxy) is 2. The van der Waals surface area contributed by atoms with Gasteiger partial charge in [0.2, 0.25) is 0 Å². The van der Waals surface area contributed by atoms with Gasteiger partial charge in [0, 0.05) is 23.2 Å². The van der Waals surface area contributed by atoms with Gasteiger partial charge in [0.15, 0.2) is 0 Å². The highest BCUT2D eigenvalue weighted by Crippen LogP contribution is 2.29. The van der Waals surface area contributed by atoms with Crippen LogP contribution in [0.4, 0.5) is 5.69 Å². The molecule has 0 heterocycles. The standard InChI is InChI=1S/C23H28N2O4/c1-28-19-13-14-21(29-2)20(15-19)25-23(27)17-11-9-16(10-12-17)22(26)24-18-7-5-3-4-6-8-18/h9-15,18H,3-8H2,1-2H3,(H,24,26)(H,25,27). The number of amides is 2. The topological polar surface area (TPSA) is 76.7 Å². The second kappa shape index (κ2) is 9.96. The van der Waals surface area contributed by atoms with Crippen LogP contribution in [0.1, 0.15) is 59.2 Å². The van der Waals surface area contributed by atoms with Crippen LogP contribution in [0.25, 0.3) is 0 Å². The minimum Gasteiger partial charge on any atom is -0.497 e. The first-order valence-electron chi connectivity index (χ1n) is 10.0. The highest BCUT2D eigenvalue weighted by atomic mass is 16.5. The Kier molecular flexibility index (Phi) is 7.11. The van der Waals surface area contributed by atoms with E-state index in [9.17, 15) is 9.59 Å². The Hall–Kier alpha value is -3.02. The second-order valence-corrected chi connectivity index (χ2v) is 7.26. The van der Waals surface area contributed by atoms with Gasteiger partial charge in [-0.25, -0.2) is 0 Å². The van der Waals surface area contributed by atoms with Crippen LogP contribution in [-0.2, 0) is 0 Å². The van der Waals surface area contributed by atoms with Crippen LogP contribution in [0.3, 0.4) is 0 Å². The lowest BCUT2D eigenvalue weighted by Crippen LogP contribution is -2.34. The molecule has 0 spiro atoms. The fourth-order valence-electron chi connectivity index (χ4n) is 3.57. The summed E-state index contributed by atoms with van der Waals surface area (Å²) in [5.74, 6) is 0.788. The van der Waals surface area contributed by atoms with E-state index in [0.717, 1.165) is 25.7 Å². The van der Waals surface area contributed by atoms with Crippen molar-refractivity contribution in [3.05, 3.63) is 53.6 Å². The monoisotopic (exact) mass is 396 g/mol. The van der Waals surface area contributed by atoms with Crippen molar-refractivity contribution < 1.29 is 19.1 Å². The Bertz CT molecular complexity index is 840. The molecule has 0 aliphatic heterocycles. The van der Waals surface area contributed by atoms with Gasteiger partial charge < -0.3 is 20.1 Å². The average Bonchev–Trinajstić information content (AvgIpc) is 3.02. The van der Waals surface area contributed by atoms with Crippen LogP contribution < -0.4 is 20.1 Å². The molecule has 1 aliphatic rings. The van der Waals surface area contributed by atoms with Gasteiger partial charge in [-0.05, 0) is 49.2 Å². The van der Waals surface area contributed by atoms with Crippen LogP contribution in [0.2, 0.25) is 0 Å². The first kappa shape index (κ1) is 20.7.